The standard InChI is InChI=1S/C15H17ClN4OS/c1-10-9-21-7-6-20(10)13-8-12(18-15(16)19-13)14(22)11-4-2-3-5-17-11/h2-5,8,10,14,22H,6-7,9H2,1H3/t10-,14?/m0/s1. The number of aromatic nitrogens is 3. The second kappa shape index (κ2) is 6.81. The van der Waals surface area contributed by atoms with Gasteiger partial charge < -0.3 is 9.64 Å². The quantitative estimate of drug-likeness (QED) is 0.690. The number of hydrogen-bond acceptors (Lipinski definition) is 6. The van der Waals surface area contributed by atoms with Gasteiger partial charge in [0.05, 0.1) is 35.9 Å². The lowest BCUT2D eigenvalue weighted by molar-refractivity contribution is 0.0985. The predicted molar refractivity (Wildman–Crippen MR) is 89.7 cm³/mol. The Morgan fingerprint density at radius 1 is 1.36 bits per heavy atom. The molecule has 2 aromatic heterocycles. The Morgan fingerprint density at radius 3 is 2.95 bits per heavy atom. The van der Waals surface area contributed by atoms with Crippen LogP contribution >= 0.6 is 24.2 Å². The van der Waals surface area contributed by atoms with Crippen LogP contribution in [0.4, 0.5) is 5.82 Å². The average Bonchev–Trinajstić information content (AvgIpc) is 2.55. The number of morpholine rings is 1. The third-order valence-electron chi connectivity index (χ3n) is 3.62. The number of thiol groups is 1. The minimum atomic E-state index is -0.239. The van der Waals surface area contributed by atoms with Crippen LogP contribution in [0.3, 0.4) is 0 Å². The third kappa shape index (κ3) is 3.34. The summed E-state index contributed by atoms with van der Waals surface area (Å²) in [6.07, 6.45) is 1.74. The minimum absolute atomic E-state index is 0.223. The molecule has 5 nitrogen and oxygen atoms in total. The highest BCUT2D eigenvalue weighted by molar-refractivity contribution is 7.80. The molecule has 0 aliphatic carbocycles. The van der Waals surface area contributed by atoms with E-state index in [1.807, 2.05) is 24.3 Å². The molecule has 0 saturated carbocycles. The Bertz CT molecular complexity index is 643. The zero-order chi connectivity index (χ0) is 15.5. The van der Waals surface area contributed by atoms with Crippen molar-refractivity contribution in [2.75, 3.05) is 24.7 Å². The molecule has 2 aromatic rings. The fourth-order valence-corrected chi connectivity index (χ4v) is 2.94. The molecule has 0 N–H and O–H groups in total. The van der Waals surface area contributed by atoms with E-state index < -0.39 is 0 Å². The summed E-state index contributed by atoms with van der Waals surface area (Å²) in [5.41, 5.74) is 1.58. The van der Waals surface area contributed by atoms with Gasteiger partial charge in [-0.2, -0.15) is 12.6 Å². The van der Waals surface area contributed by atoms with Crippen molar-refractivity contribution in [2.24, 2.45) is 0 Å². The predicted octanol–water partition coefficient (Wildman–Crippen LogP) is 2.77. The molecular weight excluding hydrogens is 320 g/mol. The van der Waals surface area contributed by atoms with Crippen molar-refractivity contribution in [3.63, 3.8) is 0 Å². The lowest BCUT2D eigenvalue weighted by atomic mass is 10.2. The number of halogens is 1. The summed E-state index contributed by atoms with van der Waals surface area (Å²) >= 11 is 10.7. The molecule has 3 heterocycles. The Hall–Kier alpha value is -1.37. The molecule has 1 aliphatic rings. The number of ether oxygens (including phenoxy) is 1. The lowest BCUT2D eigenvalue weighted by Gasteiger charge is -2.34. The van der Waals surface area contributed by atoms with Gasteiger partial charge in [0, 0.05) is 18.8 Å². The van der Waals surface area contributed by atoms with Crippen molar-refractivity contribution in [3.05, 3.63) is 47.1 Å². The average molecular weight is 337 g/mol. The summed E-state index contributed by atoms with van der Waals surface area (Å²) < 4.78 is 5.47. The van der Waals surface area contributed by atoms with Crippen molar-refractivity contribution in [1.29, 1.82) is 0 Å². The normalized spacial score (nSPS) is 20.0. The van der Waals surface area contributed by atoms with Gasteiger partial charge in [-0.25, -0.2) is 9.97 Å². The van der Waals surface area contributed by atoms with E-state index in [4.69, 9.17) is 16.3 Å². The molecule has 1 saturated heterocycles. The zero-order valence-corrected chi connectivity index (χ0v) is 13.8. The topological polar surface area (TPSA) is 51.1 Å². The van der Waals surface area contributed by atoms with Gasteiger partial charge in [-0.1, -0.05) is 6.07 Å². The van der Waals surface area contributed by atoms with E-state index >= 15 is 0 Å². The number of pyridine rings is 1. The molecule has 116 valence electrons. The van der Waals surface area contributed by atoms with Gasteiger partial charge in [0.1, 0.15) is 5.82 Å². The minimum Gasteiger partial charge on any atom is -0.377 e. The molecule has 0 radical (unpaired) electrons. The van der Waals surface area contributed by atoms with Crippen molar-refractivity contribution >= 4 is 30.0 Å². The van der Waals surface area contributed by atoms with E-state index in [9.17, 15) is 0 Å². The van der Waals surface area contributed by atoms with E-state index in [0.717, 1.165) is 23.8 Å². The van der Waals surface area contributed by atoms with Gasteiger partial charge in [0.25, 0.3) is 0 Å². The maximum absolute atomic E-state index is 6.11. The first kappa shape index (κ1) is 15.5. The lowest BCUT2D eigenvalue weighted by Crippen LogP contribution is -2.44. The Kier molecular flexibility index (Phi) is 4.81. The molecular formula is C15H17ClN4OS. The second-order valence-corrected chi connectivity index (χ2v) is 6.05. The highest BCUT2D eigenvalue weighted by Gasteiger charge is 2.23. The van der Waals surface area contributed by atoms with Crippen molar-refractivity contribution in [3.8, 4) is 0 Å². The van der Waals surface area contributed by atoms with Crippen molar-refractivity contribution in [1.82, 2.24) is 15.0 Å². The first-order valence-corrected chi connectivity index (χ1v) is 8.02. The fourth-order valence-electron chi connectivity index (χ4n) is 2.47. The monoisotopic (exact) mass is 336 g/mol. The third-order valence-corrected chi connectivity index (χ3v) is 4.31. The van der Waals surface area contributed by atoms with E-state index in [1.54, 1.807) is 6.20 Å². The number of anilines is 1. The Balaban J connectivity index is 1.93. The first-order valence-electron chi connectivity index (χ1n) is 7.13. The number of hydrogen-bond donors (Lipinski definition) is 1. The molecule has 0 aromatic carbocycles. The summed E-state index contributed by atoms with van der Waals surface area (Å²) in [4.78, 5) is 15.2. The van der Waals surface area contributed by atoms with Crippen LogP contribution in [-0.2, 0) is 4.74 Å². The fraction of sp³-hybridized carbons (Fsp3) is 0.400. The maximum atomic E-state index is 6.11. The molecule has 1 aliphatic heterocycles. The molecule has 22 heavy (non-hydrogen) atoms. The molecule has 1 unspecified atom stereocenters. The van der Waals surface area contributed by atoms with Crippen LogP contribution in [0, 0.1) is 0 Å². The van der Waals surface area contributed by atoms with Gasteiger partial charge in [0.15, 0.2) is 0 Å². The second-order valence-electron chi connectivity index (χ2n) is 5.19. The number of rotatable bonds is 3. The Labute approximate surface area is 140 Å². The van der Waals surface area contributed by atoms with Crippen LogP contribution in [-0.4, -0.2) is 40.8 Å². The summed E-state index contributed by atoms with van der Waals surface area (Å²) in [5, 5.41) is -0.0158. The van der Waals surface area contributed by atoms with Crippen LogP contribution in [0.15, 0.2) is 30.5 Å². The zero-order valence-electron chi connectivity index (χ0n) is 12.2. The van der Waals surface area contributed by atoms with Crippen LogP contribution < -0.4 is 4.90 Å². The molecule has 7 heteroatoms. The van der Waals surface area contributed by atoms with Crippen LogP contribution in [0.5, 0.6) is 0 Å². The largest absolute Gasteiger partial charge is 0.377 e. The van der Waals surface area contributed by atoms with E-state index in [1.165, 1.54) is 0 Å². The summed E-state index contributed by atoms with van der Waals surface area (Å²) in [5.74, 6) is 0.806. The molecule has 1 fully saturated rings. The smallest absolute Gasteiger partial charge is 0.224 e. The van der Waals surface area contributed by atoms with Gasteiger partial charge >= 0.3 is 0 Å². The molecule has 2 atom stereocenters. The van der Waals surface area contributed by atoms with Crippen molar-refractivity contribution in [2.45, 2.75) is 18.2 Å². The SMILES string of the molecule is C[C@H]1COCCN1c1cc(C(S)c2ccccn2)nc(Cl)n1. The van der Waals surface area contributed by atoms with E-state index in [-0.39, 0.29) is 16.6 Å². The molecule has 3 rings (SSSR count). The molecule has 0 amide bonds. The highest BCUT2D eigenvalue weighted by atomic mass is 35.5. The number of nitrogens with zero attached hydrogens (tertiary/aromatic N) is 4. The maximum Gasteiger partial charge on any atom is 0.224 e. The van der Waals surface area contributed by atoms with Crippen LogP contribution in [0.2, 0.25) is 5.28 Å². The van der Waals surface area contributed by atoms with Gasteiger partial charge in [-0.15, -0.1) is 0 Å². The van der Waals surface area contributed by atoms with Gasteiger partial charge in [-0.3, -0.25) is 4.98 Å². The van der Waals surface area contributed by atoms with Crippen LogP contribution in [0.25, 0.3) is 0 Å². The van der Waals surface area contributed by atoms with Crippen molar-refractivity contribution < 1.29 is 4.74 Å². The first-order chi connectivity index (χ1) is 10.6. The van der Waals surface area contributed by atoms with Crippen LogP contribution in [0.1, 0.15) is 23.6 Å². The van der Waals surface area contributed by atoms with E-state index in [0.29, 0.717) is 13.2 Å². The summed E-state index contributed by atoms with van der Waals surface area (Å²) in [6.45, 7) is 4.26. The van der Waals surface area contributed by atoms with Gasteiger partial charge in [-0.05, 0) is 30.7 Å². The highest BCUT2D eigenvalue weighted by Crippen LogP contribution is 2.29. The summed E-state index contributed by atoms with van der Waals surface area (Å²) in [7, 11) is 0. The Morgan fingerprint density at radius 2 is 2.23 bits per heavy atom. The summed E-state index contributed by atoms with van der Waals surface area (Å²) in [6, 6.07) is 7.91. The molecule has 0 spiro atoms. The molecule has 0 bridgehead atoms. The van der Waals surface area contributed by atoms with Gasteiger partial charge in [0.2, 0.25) is 5.28 Å². The van der Waals surface area contributed by atoms with E-state index in [2.05, 4.69) is 39.4 Å².